The van der Waals surface area contributed by atoms with Crippen molar-refractivity contribution in [2.45, 2.75) is 38.2 Å². The van der Waals surface area contributed by atoms with E-state index in [2.05, 4.69) is 19.3 Å². The highest BCUT2D eigenvalue weighted by atomic mass is 35.5. The lowest BCUT2D eigenvalue weighted by Gasteiger charge is -2.35. The highest BCUT2D eigenvalue weighted by Gasteiger charge is 2.40. The molecule has 1 amide bonds. The molecule has 0 saturated carbocycles. The van der Waals surface area contributed by atoms with E-state index in [-0.39, 0.29) is 19.1 Å². The van der Waals surface area contributed by atoms with Gasteiger partial charge in [0.05, 0.1) is 6.26 Å². The van der Waals surface area contributed by atoms with Gasteiger partial charge in [0.15, 0.2) is 6.10 Å². The van der Waals surface area contributed by atoms with Crippen LogP contribution >= 0.6 is 11.6 Å². The minimum absolute atomic E-state index is 0.180. The first-order valence-corrected chi connectivity index (χ1v) is 12.8. The van der Waals surface area contributed by atoms with E-state index in [0.717, 1.165) is 24.4 Å². The summed E-state index contributed by atoms with van der Waals surface area (Å²) in [7, 11) is -3.30. The number of nitrogens with one attached hydrogen (secondary N) is 1. The molecule has 1 unspecified atom stereocenters. The summed E-state index contributed by atoms with van der Waals surface area (Å²) in [5.74, 6) is 0. The number of carbonyl (C=O) groups excluding carboxylic acids is 1. The number of sulfonamides is 1. The van der Waals surface area contributed by atoms with E-state index >= 15 is 0 Å². The van der Waals surface area contributed by atoms with Crippen molar-refractivity contribution in [3.8, 4) is 0 Å². The number of rotatable bonds is 6. The Balaban J connectivity index is 1.59. The average Bonchev–Trinajstić information content (AvgIpc) is 3.15. The molecule has 0 radical (unpaired) electrons. The Kier molecular flexibility index (Phi) is 8.03. The molecule has 8 nitrogen and oxygen atoms in total. The van der Waals surface area contributed by atoms with Gasteiger partial charge in [0.1, 0.15) is 0 Å². The topological polar surface area (TPSA) is 82.2 Å². The van der Waals surface area contributed by atoms with Gasteiger partial charge in [-0.05, 0) is 31.0 Å². The number of benzene rings is 1. The number of carbonyl (C=O) groups is 1. The largest absolute Gasteiger partial charge is 0.437 e. The maximum absolute atomic E-state index is 12.6. The first-order valence-electron chi connectivity index (χ1n) is 10.6. The molecule has 33 heavy (non-hydrogen) atoms. The number of hydrogen-bond acceptors (Lipinski definition) is 6. The van der Waals surface area contributed by atoms with Gasteiger partial charge in [-0.1, -0.05) is 17.7 Å². The molecule has 13 heteroatoms. The first kappa shape index (κ1) is 25.9. The standard InChI is InChI=1S/C20H28ClF3N4O4S/c1-14(20(22,23)24)32-19(29)27-9-7-26(8-10-27)12-15-3-4-16(21)11-18(15)28-6-5-17(13-28)25-33(2,30)31/h3-4,11,14,17,25H,5-10,12-13H2,1-2H3/t14?,17-/m1/s1. The molecule has 2 fully saturated rings. The Labute approximate surface area is 196 Å². The molecule has 2 atom stereocenters. The third kappa shape index (κ3) is 7.36. The van der Waals surface area contributed by atoms with Gasteiger partial charge in [0, 0.05) is 62.6 Å². The fourth-order valence-electron chi connectivity index (χ4n) is 3.97. The Morgan fingerprint density at radius 2 is 1.91 bits per heavy atom. The lowest BCUT2D eigenvalue weighted by atomic mass is 10.1. The first-order chi connectivity index (χ1) is 15.3. The second-order valence-electron chi connectivity index (χ2n) is 8.43. The summed E-state index contributed by atoms with van der Waals surface area (Å²) in [5, 5.41) is 0.569. The molecule has 1 N–H and O–H groups in total. The van der Waals surface area contributed by atoms with Crippen molar-refractivity contribution >= 4 is 33.4 Å². The van der Waals surface area contributed by atoms with Crippen LogP contribution in [0, 0.1) is 0 Å². The van der Waals surface area contributed by atoms with Crippen molar-refractivity contribution in [3.63, 3.8) is 0 Å². The quantitative estimate of drug-likeness (QED) is 0.631. The molecular weight excluding hydrogens is 485 g/mol. The van der Waals surface area contributed by atoms with Crippen LogP contribution in [0.15, 0.2) is 18.2 Å². The van der Waals surface area contributed by atoms with Gasteiger partial charge < -0.3 is 14.5 Å². The van der Waals surface area contributed by atoms with Crippen LogP contribution in [0.4, 0.5) is 23.7 Å². The van der Waals surface area contributed by atoms with Crippen LogP contribution in [0.2, 0.25) is 5.02 Å². The molecule has 2 aliphatic heterocycles. The van der Waals surface area contributed by atoms with E-state index in [4.69, 9.17) is 11.6 Å². The van der Waals surface area contributed by atoms with Crippen molar-refractivity contribution in [2.75, 3.05) is 50.4 Å². The molecule has 186 valence electrons. The molecular formula is C20H28ClF3N4O4S. The summed E-state index contributed by atoms with van der Waals surface area (Å²) in [6, 6.07) is 5.38. The summed E-state index contributed by atoms with van der Waals surface area (Å²) in [6.07, 6.45) is -5.89. The van der Waals surface area contributed by atoms with Crippen molar-refractivity contribution in [3.05, 3.63) is 28.8 Å². The van der Waals surface area contributed by atoms with Gasteiger partial charge in [-0.15, -0.1) is 0 Å². The molecule has 2 heterocycles. The number of piperazine rings is 1. The van der Waals surface area contributed by atoms with Crippen LogP contribution < -0.4 is 9.62 Å². The van der Waals surface area contributed by atoms with Gasteiger partial charge in [0.25, 0.3) is 0 Å². The van der Waals surface area contributed by atoms with Crippen molar-refractivity contribution in [1.82, 2.24) is 14.5 Å². The van der Waals surface area contributed by atoms with E-state index in [1.807, 2.05) is 12.1 Å². The van der Waals surface area contributed by atoms with Crippen molar-refractivity contribution in [1.29, 1.82) is 0 Å². The predicted molar refractivity (Wildman–Crippen MR) is 119 cm³/mol. The molecule has 2 saturated heterocycles. The number of halogens is 4. The molecule has 3 rings (SSSR count). The number of alkyl halides is 3. The maximum Gasteiger partial charge on any atom is 0.425 e. The summed E-state index contributed by atoms with van der Waals surface area (Å²) in [5.41, 5.74) is 1.92. The Morgan fingerprint density at radius 1 is 1.24 bits per heavy atom. The van der Waals surface area contributed by atoms with Crippen LogP contribution in [0.25, 0.3) is 0 Å². The molecule has 2 aliphatic rings. The summed E-state index contributed by atoms with van der Waals surface area (Å²) in [6.45, 7) is 4.06. The number of hydrogen-bond donors (Lipinski definition) is 1. The molecule has 0 aliphatic carbocycles. The fourth-order valence-corrected chi connectivity index (χ4v) is 4.93. The Bertz CT molecular complexity index is 955. The molecule has 1 aromatic rings. The predicted octanol–water partition coefficient (Wildman–Crippen LogP) is 2.67. The van der Waals surface area contributed by atoms with E-state index in [0.29, 0.717) is 44.2 Å². The monoisotopic (exact) mass is 512 g/mol. The van der Waals surface area contributed by atoms with Gasteiger partial charge in [-0.3, -0.25) is 4.90 Å². The fraction of sp³-hybridized carbons (Fsp3) is 0.650. The summed E-state index contributed by atoms with van der Waals surface area (Å²) in [4.78, 5) is 17.5. The van der Waals surface area contributed by atoms with Crippen LogP contribution in [0.1, 0.15) is 18.9 Å². The smallest absolute Gasteiger partial charge is 0.425 e. The molecule has 0 bridgehead atoms. The van der Waals surface area contributed by atoms with Crippen molar-refractivity contribution in [2.24, 2.45) is 0 Å². The number of anilines is 1. The second kappa shape index (κ2) is 10.2. The van der Waals surface area contributed by atoms with Crippen LogP contribution in [0.5, 0.6) is 0 Å². The third-order valence-corrected chi connectivity index (χ3v) is 6.72. The van der Waals surface area contributed by atoms with Crippen molar-refractivity contribution < 1.29 is 31.1 Å². The highest BCUT2D eigenvalue weighted by molar-refractivity contribution is 7.88. The molecule has 0 aromatic heterocycles. The van der Waals surface area contributed by atoms with Crippen LogP contribution in [-0.2, 0) is 21.3 Å². The minimum atomic E-state index is -4.59. The SMILES string of the molecule is CC(OC(=O)N1CCN(Cc2ccc(Cl)cc2N2CC[C@@H](NS(C)(=O)=O)C2)CC1)C(F)(F)F. The zero-order valence-corrected chi connectivity index (χ0v) is 20.0. The maximum atomic E-state index is 12.6. The van der Waals surface area contributed by atoms with Gasteiger partial charge in [-0.25, -0.2) is 17.9 Å². The van der Waals surface area contributed by atoms with E-state index in [9.17, 15) is 26.4 Å². The van der Waals surface area contributed by atoms with E-state index in [1.165, 1.54) is 4.90 Å². The number of amides is 1. The number of ether oxygens (including phenoxy) is 1. The van der Waals surface area contributed by atoms with Crippen LogP contribution in [-0.4, -0.2) is 88.2 Å². The number of nitrogens with zero attached hydrogens (tertiary/aromatic N) is 3. The third-order valence-electron chi connectivity index (χ3n) is 5.72. The minimum Gasteiger partial charge on any atom is -0.437 e. The normalized spacial score (nSPS) is 21.3. The Hall–Kier alpha value is -1.76. The lowest BCUT2D eigenvalue weighted by molar-refractivity contribution is -0.200. The van der Waals surface area contributed by atoms with E-state index in [1.54, 1.807) is 6.07 Å². The van der Waals surface area contributed by atoms with E-state index < -0.39 is 28.4 Å². The van der Waals surface area contributed by atoms with Crippen LogP contribution in [0.3, 0.4) is 0 Å². The average molecular weight is 513 g/mol. The second-order valence-corrected chi connectivity index (χ2v) is 10.6. The van der Waals surface area contributed by atoms with Gasteiger partial charge >= 0.3 is 12.3 Å². The zero-order chi connectivity index (χ0) is 24.4. The molecule has 0 spiro atoms. The van der Waals surface area contributed by atoms with Gasteiger partial charge in [0.2, 0.25) is 10.0 Å². The Morgan fingerprint density at radius 3 is 2.52 bits per heavy atom. The lowest BCUT2D eigenvalue weighted by Crippen LogP contribution is -2.49. The summed E-state index contributed by atoms with van der Waals surface area (Å²) >= 11 is 6.22. The molecule has 1 aromatic carbocycles. The highest BCUT2D eigenvalue weighted by Crippen LogP contribution is 2.30. The van der Waals surface area contributed by atoms with Gasteiger partial charge in [-0.2, -0.15) is 13.2 Å². The zero-order valence-electron chi connectivity index (χ0n) is 18.4. The summed E-state index contributed by atoms with van der Waals surface area (Å²) < 4.78 is 68.1.